The summed E-state index contributed by atoms with van der Waals surface area (Å²) in [5.41, 5.74) is 1.72. The van der Waals surface area contributed by atoms with E-state index in [1.807, 2.05) is 30.3 Å². The third kappa shape index (κ3) is 4.35. The molecule has 0 spiro atoms. The Hall–Kier alpha value is -3.34. The van der Waals surface area contributed by atoms with Crippen LogP contribution in [0.25, 0.3) is 0 Å². The summed E-state index contributed by atoms with van der Waals surface area (Å²) < 4.78 is 11.4. The largest absolute Gasteiger partial charge is 0.485 e. The number of aromatic nitrogens is 1. The number of furan rings is 1. The number of para-hydroxylation sites is 1. The average molecular weight is 334 g/mol. The zero-order chi connectivity index (χ0) is 17.5. The number of rotatable bonds is 7. The number of hydrogen-bond acceptors (Lipinski definition) is 4. The Labute approximate surface area is 146 Å². The van der Waals surface area contributed by atoms with E-state index < -0.39 is 0 Å². The van der Waals surface area contributed by atoms with Gasteiger partial charge in [0.15, 0.2) is 5.76 Å². The highest BCUT2D eigenvalue weighted by molar-refractivity contribution is 6.02. The number of ether oxygens (including phenoxy) is 1. The number of hydrogen-bond donors (Lipinski definition) is 1. The lowest BCUT2D eigenvalue weighted by atomic mass is 10.1. The van der Waals surface area contributed by atoms with Gasteiger partial charge in [0.25, 0.3) is 5.91 Å². The third-order valence-corrected chi connectivity index (χ3v) is 3.53. The number of anilines is 1. The molecule has 0 unspecified atom stereocenters. The van der Waals surface area contributed by atoms with Crippen LogP contribution in [0.1, 0.15) is 21.9 Å². The average Bonchev–Trinajstić information content (AvgIpc) is 3.11. The summed E-state index contributed by atoms with van der Waals surface area (Å²) in [6.45, 7) is 4.00. The number of nitrogens with one attached hydrogen (secondary N) is 1. The second kappa shape index (κ2) is 7.97. The molecule has 0 fully saturated rings. The molecule has 0 aliphatic rings. The summed E-state index contributed by atoms with van der Waals surface area (Å²) in [5, 5.41) is 2.75. The van der Waals surface area contributed by atoms with Gasteiger partial charge in [-0.3, -0.25) is 9.78 Å². The summed E-state index contributed by atoms with van der Waals surface area (Å²) >= 11 is 0. The van der Waals surface area contributed by atoms with Crippen LogP contribution in [0, 0.1) is 0 Å². The van der Waals surface area contributed by atoms with Gasteiger partial charge in [0, 0.05) is 18.1 Å². The van der Waals surface area contributed by atoms with E-state index in [9.17, 15) is 4.79 Å². The number of pyridine rings is 1. The lowest BCUT2D eigenvalue weighted by molar-refractivity contribution is 0.0992. The molecule has 3 rings (SSSR count). The van der Waals surface area contributed by atoms with Crippen molar-refractivity contribution in [1.29, 1.82) is 0 Å². The van der Waals surface area contributed by atoms with Gasteiger partial charge in [0.2, 0.25) is 0 Å². The minimum absolute atomic E-state index is 0.231. The van der Waals surface area contributed by atoms with Gasteiger partial charge in [-0.2, -0.15) is 0 Å². The van der Waals surface area contributed by atoms with Crippen molar-refractivity contribution < 1.29 is 13.9 Å². The molecule has 2 aromatic heterocycles. The maximum atomic E-state index is 12.2. The van der Waals surface area contributed by atoms with Crippen LogP contribution in [0.15, 0.2) is 78.0 Å². The molecule has 5 heteroatoms. The second-order valence-corrected chi connectivity index (χ2v) is 5.35. The number of allylic oxidation sites excluding steroid dienone is 1. The van der Waals surface area contributed by atoms with Crippen LogP contribution in [0.2, 0.25) is 0 Å². The fourth-order valence-corrected chi connectivity index (χ4v) is 2.32. The molecule has 1 amide bonds. The van der Waals surface area contributed by atoms with Gasteiger partial charge in [-0.25, -0.2) is 0 Å². The van der Waals surface area contributed by atoms with Gasteiger partial charge in [0.05, 0.1) is 0 Å². The summed E-state index contributed by atoms with van der Waals surface area (Å²) in [7, 11) is 0. The summed E-state index contributed by atoms with van der Waals surface area (Å²) in [6.07, 6.45) is 5.78. The monoisotopic (exact) mass is 334 g/mol. The van der Waals surface area contributed by atoms with Gasteiger partial charge < -0.3 is 14.5 Å². The Kier molecular flexibility index (Phi) is 5.26. The van der Waals surface area contributed by atoms with Crippen molar-refractivity contribution in [3.05, 3.63) is 90.7 Å². The summed E-state index contributed by atoms with van der Waals surface area (Å²) in [4.78, 5) is 16.1. The molecule has 0 atom stereocenters. The predicted molar refractivity (Wildman–Crippen MR) is 95.6 cm³/mol. The van der Waals surface area contributed by atoms with Gasteiger partial charge in [-0.05, 0) is 42.3 Å². The first kappa shape index (κ1) is 16.5. The molecule has 0 aliphatic carbocycles. The van der Waals surface area contributed by atoms with Crippen molar-refractivity contribution in [3.8, 4) is 5.75 Å². The highest BCUT2D eigenvalue weighted by Gasteiger charge is 2.12. The fourth-order valence-electron chi connectivity index (χ4n) is 2.32. The standard InChI is InChI=1S/C20H18N2O3/c1-2-5-15-6-3-4-7-18(15)24-14-17-8-9-19(25-17)20(23)22-16-10-12-21-13-11-16/h2-4,6-13H,1,5,14H2,(H,21,22,23). The van der Waals surface area contributed by atoms with Crippen LogP contribution in [-0.4, -0.2) is 10.9 Å². The Morgan fingerprint density at radius 3 is 2.76 bits per heavy atom. The van der Waals surface area contributed by atoms with Crippen LogP contribution in [0.3, 0.4) is 0 Å². The normalized spacial score (nSPS) is 10.2. The molecule has 5 nitrogen and oxygen atoms in total. The first-order valence-electron chi connectivity index (χ1n) is 7.88. The molecule has 0 saturated heterocycles. The third-order valence-electron chi connectivity index (χ3n) is 3.53. The van der Waals surface area contributed by atoms with Gasteiger partial charge in [-0.1, -0.05) is 24.3 Å². The highest BCUT2D eigenvalue weighted by Crippen LogP contribution is 2.21. The number of amides is 1. The quantitative estimate of drug-likeness (QED) is 0.657. The maximum absolute atomic E-state index is 12.2. The van der Waals surface area contributed by atoms with Crippen molar-refractivity contribution in [3.63, 3.8) is 0 Å². The van der Waals surface area contributed by atoms with E-state index >= 15 is 0 Å². The van der Waals surface area contributed by atoms with Crippen molar-refractivity contribution in [2.75, 3.05) is 5.32 Å². The first-order chi connectivity index (χ1) is 12.3. The van der Waals surface area contributed by atoms with Gasteiger partial charge in [-0.15, -0.1) is 6.58 Å². The van der Waals surface area contributed by atoms with Gasteiger partial charge >= 0.3 is 0 Å². The molecule has 126 valence electrons. The van der Waals surface area contributed by atoms with Gasteiger partial charge in [0.1, 0.15) is 18.1 Å². The van der Waals surface area contributed by atoms with Crippen LogP contribution in [-0.2, 0) is 13.0 Å². The topological polar surface area (TPSA) is 64.4 Å². The fraction of sp³-hybridized carbons (Fsp3) is 0.100. The molecule has 3 aromatic rings. The van der Waals surface area contributed by atoms with E-state index in [1.54, 1.807) is 36.7 Å². The van der Waals surface area contributed by atoms with Crippen LogP contribution >= 0.6 is 0 Å². The van der Waals surface area contributed by atoms with Crippen molar-refractivity contribution in [1.82, 2.24) is 4.98 Å². The smallest absolute Gasteiger partial charge is 0.291 e. The van der Waals surface area contributed by atoms with Crippen LogP contribution in [0.4, 0.5) is 5.69 Å². The molecule has 0 aliphatic heterocycles. The Bertz CT molecular complexity index is 856. The number of carbonyl (C=O) groups excluding carboxylic acids is 1. The minimum Gasteiger partial charge on any atom is -0.485 e. The Morgan fingerprint density at radius 1 is 1.16 bits per heavy atom. The maximum Gasteiger partial charge on any atom is 0.291 e. The van der Waals surface area contributed by atoms with E-state index in [2.05, 4.69) is 16.9 Å². The van der Waals surface area contributed by atoms with E-state index in [0.29, 0.717) is 11.4 Å². The van der Waals surface area contributed by atoms with E-state index in [4.69, 9.17) is 9.15 Å². The molecule has 1 N–H and O–H groups in total. The van der Waals surface area contributed by atoms with E-state index in [-0.39, 0.29) is 18.3 Å². The predicted octanol–water partition coefficient (Wildman–Crippen LogP) is 4.23. The molecular weight excluding hydrogens is 316 g/mol. The van der Waals surface area contributed by atoms with Crippen molar-refractivity contribution in [2.45, 2.75) is 13.0 Å². The highest BCUT2D eigenvalue weighted by atomic mass is 16.5. The molecule has 0 bridgehead atoms. The van der Waals surface area contributed by atoms with Crippen molar-refractivity contribution >= 4 is 11.6 Å². The van der Waals surface area contributed by atoms with Crippen LogP contribution < -0.4 is 10.1 Å². The minimum atomic E-state index is -0.315. The van der Waals surface area contributed by atoms with E-state index in [0.717, 1.165) is 17.7 Å². The van der Waals surface area contributed by atoms with Crippen LogP contribution in [0.5, 0.6) is 5.75 Å². The summed E-state index contributed by atoms with van der Waals surface area (Å²) in [6, 6.07) is 14.6. The lowest BCUT2D eigenvalue weighted by Gasteiger charge is -2.09. The lowest BCUT2D eigenvalue weighted by Crippen LogP contribution is -2.10. The SMILES string of the molecule is C=CCc1ccccc1OCc1ccc(C(=O)Nc2ccncc2)o1. The van der Waals surface area contributed by atoms with E-state index in [1.165, 1.54) is 0 Å². The molecular formula is C20H18N2O3. The zero-order valence-corrected chi connectivity index (χ0v) is 13.6. The second-order valence-electron chi connectivity index (χ2n) is 5.35. The van der Waals surface area contributed by atoms with Crippen molar-refractivity contribution in [2.24, 2.45) is 0 Å². The number of benzene rings is 1. The number of carbonyl (C=O) groups is 1. The molecule has 1 aromatic carbocycles. The number of nitrogens with zero attached hydrogens (tertiary/aromatic N) is 1. The molecule has 2 heterocycles. The first-order valence-corrected chi connectivity index (χ1v) is 7.88. The molecule has 25 heavy (non-hydrogen) atoms. The Morgan fingerprint density at radius 2 is 1.96 bits per heavy atom. The Balaban J connectivity index is 1.62. The summed E-state index contributed by atoms with van der Waals surface area (Å²) in [5.74, 6) is 1.27. The molecule has 0 radical (unpaired) electrons. The molecule has 0 saturated carbocycles. The zero-order valence-electron chi connectivity index (χ0n) is 13.6.